The Kier molecular flexibility index (Phi) is 5.92. The molecule has 3 aromatic carbocycles. The molecule has 8 heteroatoms. The van der Waals surface area contributed by atoms with Crippen LogP contribution in [0.3, 0.4) is 0 Å². The predicted octanol–water partition coefficient (Wildman–Crippen LogP) is 3.70. The number of nitrogens with one attached hydrogen (secondary N) is 1. The second-order valence-corrected chi connectivity index (χ2v) is 8.62. The number of benzene rings is 3. The Balaban J connectivity index is 1.59. The molecule has 0 saturated carbocycles. The van der Waals surface area contributed by atoms with Gasteiger partial charge in [0.25, 0.3) is 0 Å². The van der Waals surface area contributed by atoms with Crippen LogP contribution < -0.4 is 14.2 Å². The summed E-state index contributed by atoms with van der Waals surface area (Å²) in [6, 6.07) is 22.2. The fourth-order valence-corrected chi connectivity index (χ4v) is 4.50. The molecule has 0 radical (unpaired) electrons. The molecule has 0 fully saturated rings. The van der Waals surface area contributed by atoms with Gasteiger partial charge in [0, 0.05) is 24.7 Å². The first kappa shape index (κ1) is 20.9. The van der Waals surface area contributed by atoms with Gasteiger partial charge in [0.2, 0.25) is 10.0 Å². The number of sulfonamides is 1. The fourth-order valence-electron chi connectivity index (χ4n) is 3.47. The van der Waals surface area contributed by atoms with Crippen LogP contribution >= 0.6 is 0 Å². The van der Waals surface area contributed by atoms with E-state index in [4.69, 9.17) is 14.5 Å². The largest absolute Gasteiger partial charge is 0.493 e. The number of hydrogen-bond acceptors (Lipinski definition) is 5. The molecule has 31 heavy (non-hydrogen) atoms. The van der Waals surface area contributed by atoms with Crippen LogP contribution in [-0.4, -0.2) is 38.7 Å². The Morgan fingerprint density at radius 3 is 2.35 bits per heavy atom. The number of imidazole rings is 1. The van der Waals surface area contributed by atoms with E-state index in [9.17, 15) is 8.42 Å². The average Bonchev–Trinajstić information content (AvgIpc) is 3.17. The molecule has 7 nitrogen and oxygen atoms in total. The van der Waals surface area contributed by atoms with E-state index < -0.39 is 10.0 Å². The topological polar surface area (TPSA) is 82.5 Å². The minimum absolute atomic E-state index is 0.115. The van der Waals surface area contributed by atoms with Gasteiger partial charge in [-0.3, -0.25) is 0 Å². The Morgan fingerprint density at radius 2 is 1.61 bits per heavy atom. The second kappa shape index (κ2) is 8.79. The number of rotatable bonds is 8. The Morgan fingerprint density at radius 1 is 0.903 bits per heavy atom. The summed E-state index contributed by atoms with van der Waals surface area (Å²) in [7, 11) is -0.748. The van der Waals surface area contributed by atoms with E-state index in [1.807, 2.05) is 59.2 Å². The maximum Gasteiger partial charge on any atom is 0.240 e. The van der Waals surface area contributed by atoms with Gasteiger partial charge in [-0.05, 0) is 24.3 Å². The third-order valence-electron chi connectivity index (χ3n) is 4.98. The molecule has 0 unspecified atom stereocenters. The van der Waals surface area contributed by atoms with Crippen LogP contribution in [0.15, 0.2) is 77.7 Å². The third-order valence-corrected chi connectivity index (χ3v) is 6.44. The first-order chi connectivity index (χ1) is 15.0. The summed E-state index contributed by atoms with van der Waals surface area (Å²) in [6.45, 7) is 0.633. The number of methoxy groups -OCH3 is 2. The lowest BCUT2D eigenvalue weighted by molar-refractivity contribution is 0.354. The quantitative estimate of drug-likeness (QED) is 0.455. The molecule has 0 atom stereocenters. The van der Waals surface area contributed by atoms with Crippen LogP contribution in [0.25, 0.3) is 22.4 Å². The summed E-state index contributed by atoms with van der Waals surface area (Å²) in [5, 5.41) is 0. The van der Waals surface area contributed by atoms with Crippen LogP contribution in [0.1, 0.15) is 0 Å². The lowest BCUT2D eigenvalue weighted by atomic mass is 10.2. The number of aromatic nitrogens is 2. The lowest BCUT2D eigenvalue weighted by Gasteiger charge is -2.13. The minimum atomic E-state index is -3.72. The molecule has 0 spiro atoms. The first-order valence-corrected chi connectivity index (χ1v) is 11.2. The fraction of sp³-hybridized carbons (Fsp3) is 0.174. The van der Waals surface area contributed by atoms with Crippen LogP contribution in [0.4, 0.5) is 0 Å². The molecule has 0 amide bonds. The van der Waals surface area contributed by atoms with E-state index in [-0.39, 0.29) is 11.4 Å². The number of para-hydroxylation sites is 2. The standard InChI is InChI=1S/C23H23N3O4S/c1-29-21-13-12-18(16-22(21)30-2)31(27,28)24-14-15-26-20-11-7-6-10-19(20)25-23(26)17-8-4-3-5-9-17/h3-13,16,24H,14-15H2,1-2H3. The van der Waals surface area contributed by atoms with Crippen molar-refractivity contribution < 1.29 is 17.9 Å². The highest BCUT2D eigenvalue weighted by Gasteiger charge is 2.18. The van der Waals surface area contributed by atoms with Gasteiger partial charge in [-0.2, -0.15) is 0 Å². The Hall–Kier alpha value is -3.36. The van der Waals surface area contributed by atoms with E-state index in [2.05, 4.69) is 4.72 Å². The molecule has 0 bridgehead atoms. The number of nitrogens with zero attached hydrogens (tertiary/aromatic N) is 2. The predicted molar refractivity (Wildman–Crippen MR) is 120 cm³/mol. The molecule has 4 aromatic rings. The summed E-state index contributed by atoms with van der Waals surface area (Å²) in [5.74, 6) is 1.63. The second-order valence-electron chi connectivity index (χ2n) is 6.86. The number of ether oxygens (including phenoxy) is 2. The molecule has 0 aliphatic rings. The van der Waals surface area contributed by atoms with Gasteiger partial charge in [0.1, 0.15) is 5.82 Å². The molecule has 4 rings (SSSR count). The zero-order valence-electron chi connectivity index (χ0n) is 17.3. The summed E-state index contributed by atoms with van der Waals surface area (Å²) in [6.07, 6.45) is 0. The molecule has 1 aromatic heterocycles. The van der Waals surface area contributed by atoms with Gasteiger partial charge in [-0.15, -0.1) is 0 Å². The minimum Gasteiger partial charge on any atom is -0.493 e. The van der Waals surface area contributed by atoms with Crippen molar-refractivity contribution in [2.45, 2.75) is 11.4 Å². The van der Waals surface area contributed by atoms with Gasteiger partial charge < -0.3 is 14.0 Å². The zero-order chi connectivity index (χ0) is 21.8. The molecule has 0 aliphatic heterocycles. The van der Waals surface area contributed by atoms with Crippen LogP contribution in [0, 0.1) is 0 Å². The maximum absolute atomic E-state index is 12.8. The molecule has 1 N–H and O–H groups in total. The van der Waals surface area contributed by atoms with Crippen molar-refractivity contribution in [1.82, 2.24) is 14.3 Å². The summed E-state index contributed by atoms with van der Waals surface area (Å²) in [4.78, 5) is 4.87. The van der Waals surface area contributed by atoms with Crippen molar-refractivity contribution in [2.24, 2.45) is 0 Å². The monoisotopic (exact) mass is 437 g/mol. The summed E-state index contributed by atoms with van der Waals surface area (Å²) in [5.41, 5.74) is 2.79. The number of hydrogen-bond donors (Lipinski definition) is 1. The van der Waals surface area contributed by atoms with Crippen LogP contribution in [-0.2, 0) is 16.6 Å². The highest BCUT2D eigenvalue weighted by Crippen LogP contribution is 2.29. The molecular weight excluding hydrogens is 414 g/mol. The van der Waals surface area contributed by atoms with Crippen molar-refractivity contribution in [3.05, 3.63) is 72.8 Å². The molecule has 0 saturated heterocycles. The molecular formula is C23H23N3O4S. The van der Waals surface area contributed by atoms with Crippen LogP contribution in [0.5, 0.6) is 11.5 Å². The van der Waals surface area contributed by atoms with E-state index in [1.54, 1.807) is 6.07 Å². The van der Waals surface area contributed by atoms with Gasteiger partial charge in [0.15, 0.2) is 11.5 Å². The van der Waals surface area contributed by atoms with Gasteiger partial charge in [-0.1, -0.05) is 42.5 Å². The normalized spacial score (nSPS) is 11.5. The summed E-state index contributed by atoms with van der Waals surface area (Å²) >= 11 is 0. The first-order valence-electron chi connectivity index (χ1n) is 9.76. The summed E-state index contributed by atoms with van der Waals surface area (Å²) < 4.78 is 40.7. The van der Waals surface area contributed by atoms with Crippen molar-refractivity contribution in [2.75, 3.05) is 20.8 Å². The van der Waals surface area contributed by atoms with E-state index in [0.29, 0.717) is 18.0 Å². The van der Waals surface area contributed by atoms with E-state index >= 15 is 0 Å². The van der Waals surface area contributed by atoms with Gasteiger partial charge >= 0.3 is 0 Å². The zero-order valence-corrected chi connectivity index (χ0v) is 18.1. The van der Waals surface area contributed by atoms with E-state index in [0.717, 1.165) is 22.4 Å². The lowest BCUT2D eigenvalue weighted by Crippen LogP contribution is -2.27. The van der Waals surface area contributed by atoms with Gasteiger partial charge in [-0.25, -0.2) is 18.1 Å². The number of fused-ring (bicyclic) bond motifs is 1. The van der Waals surface area contributed by atoms with Gasteiger partial charge in [0.05, 0.1) is 30.1 Å². The maximum atomic E-state index is 12.8. The van der Waals surface area contributed by atoms with E-state index in [1.165, 1.54) is 26.4 Å². The highest BCUT2D eigenvalue weighted by atomic mass is 32.2. The molecule has 0 aliphatic carbocycles. The highest BCUT2D eigenvalue weighted by molar-refractivity contribution is 7.89. The van der Waals surface area contributed by atoms with Crippen molar-refractivity contribution in [3.8, 4) is 22.9 Å². The van der Waals surface area contributed by atoms with Crippen molar-refractivity contribution in [1.29, 1.82) is 0 Å². The third kappa shape index (κ3) is 4.26. The van der Waals surface area contributed by atoms with Crippen LogP contribution in [0.2, 0.25) is 0 Å². The Bertz CT molecular complexity index is 1300. The smallest absolute Gasteiger partial charge is 0.240 e. The Labute approximate surface area is 181 Å². The average molecular weight is 438 g/mol. The molecule has 160 valence electrons. The van der Waals surface area contributed by atoms with Crippen molar-refractivity contribution >= 4 is 21.1 Å². The molecule has 1 heterocycles. The van der Waals surface area contributed by atoms with Crippen molar-refractivity contribution in [3.63, 3.8) is 0 Å². The SMILES string of the molecule is COc1ccc(S(=O)(=O)NCCn2c(-c3ccccc3)nc3ccccc32)cc1OC.